The summed E-state index contributed by atoms with van der Waals surface area (Å²) in [6.45, 7) is 0.948. The predicted molar refractivity (Wildman–Crippen MR) is 42.8 cm³/mol. The first-order valence-corrected chi connectivity index (χ1v) is 4.53. The molecule has 0 aromatic heterocycles. The quantitative estimate of drug-likeness (QED) is 0.557. The van der Waals surface area contributed by atoms with Gasteiger partial charge in [0.15, 0.2) is 0 Å². The summed E-state index contributed by atoms with van der Waals surface area (Å²) < 4.78 is 0. The first-order chi connectivity index (χ1) is 5.37. The Bertz CT molecular complexity index is 155. The van der Waals surface area contributed by atoms with E-state index < -0.39 is 0 Å². The molecule has 2 heteroatoms. The van der Waals surface area contributed by atoms with Crippen LogP contribution in [0, 0.1) is 0 Å². The van der Waals surface area contributed by atoms with E-state index in [1.165, 1.54) is 38.5 Å². The molecule has 2 aliphatic rings. The van der Waals surface area contributed by atoms with E-state index in [-0.39, 0.29) is 5.54 Å². The average Bonchev–Trinajstić information content (AvgIpc) is 2.62. The number of carbonyl (C=O) groups excluding carboxylic acids is 1. The molecule has 1 saturated heterocycles. The normalized spacial score (nSPS) is 28.2. The highest BCUT2D eigenvalue weighted by Gasteiger charge is 2.42. The van der Waals surface area contributed by atoms with E-state index in [1.807, 2.05) is 4.90 Å². The highest BCUT2D eigenvalue weighted by atomic mass is 16.1. The van der Waals surface area contributed by atoms with E-state index in [0.717, 1.165) is 6.54 Å². The fraction of sp³-hybridized carbons (Fsp3) is 0.889. The maximum Gasteiger partial charge on any atom is 0.312 e. The fourth-order valence-corrected chi connectivity index (χ4v) is 2.63. The lowest BCUT2D eigenvalue weighted by molar-refractivity contribution is 0.226. The van der Waals surface area contributed by atoms with Gasteiger partial charge in [0, 0.05) is 12.1 Å². The van der Waals surface area contributed by atoms with E-state index in [1.54, 1.807) is 0 Å². The van der Waals surface area contributed by atoms with Crippen molar-refractivity contribution in [3.8, 4) is 0 Å². The number of likely N-dealkylation sites (tertiary alicyclic amines) is 1. The standard InChI is InChI=1S/C9H14NO/c11-8-10-7-3-6-9(10)4-1-2-5-9/h1-7H2. The van der Waals surface area contributed by atoms with E-state index >= 15 is 0 Å². The van der Waals surface area contributed by atoms with Crippen LogP contribution < -0.4 is 0 Å². The van der Waals surface area contributed by atoms with Gasteiger partial charge in [-0.25, -0.2) is 0 Å². The van der Waals surface area contributed by atoms with Crippen molar-refractivity contribution in [1.29, 1.82) is 0 Å². The van der Waals surface area contributed by atoms with Crippen molar-refractivity contribution in [1.82, 2.24) is 4.90 Å². The van der Waals surface area contributed by atoms with Gasteiger partial charge in [0.05, 0.1) is 0 Å². The molecule has 1 radical (unpaired) electrons. The van der Waals surface area contributed by atoms with Gasteiger partial charge >= 0.3 is 6.41 Å². The third kappa shape index (κ3) is 0.959. The van der Waals surface area contributed by atoms with Gasteiger partial charge < -0.3 is 4.90 Å². The van der Waals surface area contributed by atoms with Crippen LogP contribution in [0.2, 0.25) is 0 Å². The van der Waals surface area contributed by atoms with Crippen LogP contribution in [0.4, 0.5) is 0 Å². The van der Waals surface area contributed by atoms with Crippen molar-refractivity contribution < 1.29 is 4.79 Å². The fourth-order valence-electron chi connectivity index (χ4n) is 2.63. The lowest BCUT2D eigenvalue weighted by atomic mass is 9.95. The summed E-state index contributed by atoms with van der Waals surface area (Å²) in [5.74, 6) is 0. The highest BCUT2D eigenvalue weighted by Crippen LogP contribution is 2.41. The van der Waals surface area contributed by atoms with E-state index in [2.05, 4.69) is 6.41 Å². The van der Waals surface area contributed by atoms with E-state index in [4.69, 9.17) is 0 Å². The highest BCUT2D eigenvalue weighted by molar-refractivity contribution is 5.51. The van der Waals surface area contributed by atoms with Crippen LogP contribution in [0.15, 0.2) is 0 Å². The largest absolute Gasteiger partial charge is 0.329 e. The number of hydrogen-bond acceptors (Lipinski definition) is 1. The molecule has 11 heavy (non-hydrogen) atoms. The van der Waals surface area contributed by atoms with Gasteiger partial charge in [0.2, 0.25) is 0 Å². The minimum atomic E-state index is 0.266. The van der Waals surface area contributed by atoms with Crippen molar-refractivity contribution in [2.75, 3.05) is 6.54 Å². The summed E-state index contributed by atoms with van der Waals surface area (Å²) in [6, 6.07) is 0. The van der Waals surface area contributed by atoms with Crippen LogP contribution in [-0.2, 0) is 4.79 Å². The SMILES string of the molecule is O=[C]N1CCCC12CCCC2. The number of amides is 1. The molecular formula is C9H14NO. The van der Waals surface area contributed by atoms with Crippen LogP contribution in [0.5, 0.6) is 0 Å². The van der Waals surface area contributed by atoms with Crippen LogP contribution in [0.3, 0.4) is 0 Å². The Labute approximate surface area is 67.6 Å². The maximum absolute atomic E-state index is 10.6. The Morgan fingerprint density at radius 1 is 1.09 bits per heavy atom. The van der Waals surface area contributed by atoms with Crippen molar-refractivity contribution in [3.63, 3.8) is 0 Å². The van der Waals surface area contributed by atoms with Gasteiger partial charge in [-0.2, -0.15) is 0 Å². The smallest absolute Gasteiger partial charge is 0.312 e. The third-order valence-corrected chi connectivity index (χ3v) is 3.24. The lowest BCUT2D eigenvalue weighted by Crippen LogP contribution is -2.40. The Morgan fingerprint density at radius 2 is 1.73 bits per heavy atom. The summed E-state index contributed by atoms with van der Waals surface area (Å²) in [4.78, 5) is 12.5. The second-order valence-corrected chi connectivity index (χ2v) is 3.78. The Morgan fingerprint density at radius 3 is 2.36 bits per heavy atom. The predicted octanol–water partition coefficient (Wildman–Crippen LogP) is 1.46. The second-order valence-electron chi connectivity index (χ2n) is 3.78. The molecule has 1 saturated carbocycles. The molecule has 0 bridgehead atoms. The summed E-state index contributed by atoms with van der Waals surface area (Å²) in [5, 5.41) is 0. The van der Waals surface area contributed by atoms with E-state index in [9.17, 15) is 4.79 Å². The molecule has 1 spiro atoms. The second kappa shape index (κ2) is 2.50. The van der Waals surface area contributed by atoms with Crippen LogP contribution in [-0.4, -0.2) is 23.4 Å². The zero-order chi connectivity index (χ0) is 7.73. The Hall–Kier alpha value is -0.530. The number of rotatable bonds is 1. The molecule has 61 valence electrons. The van der Waals surface area contributed by atoms with Crippen LogP contribution >= 0.6 is 0 Å². The molecule has 1 aliphatic heterocycles. The minimum Gasteiger partial charge on any atom is -0.329 e. The van der Waals surface area contributed by atoms with Crippen LogP contribution in [0.1, 0.15) is 38.5 Å². The molecule has 2 rings (SSSR count). The average molecular weight is 152 g/mol. The molecule has 2 nitrogen and oxygen atoms in total. The van der Waals surface area contributed by atoms with Gasteiger partial charge in [0.1, 0.15) is 0 Å². The molecule has 0 aromatic carbocycles. The summed E-state index contributed by atoms with van der Waals surface area (Å²) in [7, 11) is 0. The number of nitrogens with zero attached hydrogens (tertiary/aromatic N) is 1. The molecular weight excluding hydrogens is 138 g/mol. The molecule has 0 atom stereocenters. The third-order valence-electron chi connectivity index (χ3n) is 3.24. The zero-order valence-corrected chi connectivity index (χ0v) is 6.81. The van der Waals surface area contributed by atoms with Gasteiger partial charge in [-0.1, -0.05) is 12.8 Å². The van der Waals surface area contributed by atoms with E-state index in [0.29, 0.717) is 0 Å². The molecule has 1 amide bonds. The summed E-state index contributed by atoms with van der Waals surface area (Å²) in [5.41, 5.74) is 0.266. The summed E-state index contributed by atoms with van der Waals surface area (Å²) in [6.07, 6.45) is 9.55. The van der Waals surface area contributed by atoms with Gasteiger partial charge in [-0.05, 0) is 25.7 Å². The maximum atomic E-state index is 10.6. The molecule has 1 heterocycles. The molecule has 0 aromatic rings. The molecule has 1 aliphatic carbocycles. The van der Waals surface area contributed by atoms with Gasteiger partial charge in [-0.15, -0.1) is 0 Å². The molecule has 2 fully saturated rings. The first-order valence-electron chi connectivity index (χ1n) is 4.53. The monoisotopic (exact) mass is 152 g/mol. The Balaban J connectivity index is 2.15. The number of hydrogen-bond donors (Lipinski definition) is 0. The topological polar surface area (TPSA) is 20.3 Å². The van der Waals surface area contributed by atoms with Crippen molar-refractivity contribution in [3.05, 3.63) is 0 Å². The summed E-state index contributed by atoms with van der Waals surface area (Å²) >= 11 is 0. The van der Waals surface area contributed by atoms with Gasteiger partial charge in [-0.3, -0.25) is 4.79 Å². The van der Waals surface area contributed by atoms with Gasteiger partial charge in [0.25, 0.3) is 0 Å². The first kappa shape index (κ1) is 7.14. The molecule has 0 unspecified atom stereocenters. The molecule has 0 N–H and O–H groups in total. The lowest BCUT2D eigenvalue weighted by Gasteiger charge is -2.30. The zero-order valence-electron chi connectivity index (χ0n) is 6.81. The van der Waals surface area contributed by atoms with Crippen molar-refractivity contribution >= 4 is 6.41 Å². The minimum absolute atomic E-state index is 0.266. The van der Waals surface area contributed by atoms with Crippen molar-refractivity contribution in [2.45, 2.75) is 44.1 Å². The van der Waals surface area contributed by atoms with Crippen LogP contribution in [0.25, 0.3) is 0 Å². The van der Waals surface area contributed by atoms with Crippen molar-refractivity contribution in [2.24, 2.45) is 0 Å². The Kier molecular flexibility index (Phi) is 1.63.